The topological polar surface area (TPSA) is 104 Å². The van der Waals surface area contributed by atoms with E-state index < -0.39 is 11.9 Å². The molecule has 8 nitrogen and oxygen atoms in total. The van der Waals surface area contributed by atoms with Gasteiger partial charge in [-0.15, -0.1) is 11.3 Å². The maximum atomic E-state index is 14.0. The predicted octanol–water partition coefficient (Wildman–Crippen LogP) is 6.41. The van der Waals surface area contributed by atoms with E-state index in [9.17, 15) is 19.5 Å². The van der Waals surface area contributed by atoms with Gasteiger partial charge in [-0.05, 0) is 48.8 Å². The third kappa shape index (κ3) is 5.77. The van der Waals surface area contributed by atoms with Crippen LogP contribution in [0, 0.1) is 17.8 Å². The first-order valence-corrected chi connectivity index (χ1v) is 15.7. The van der Waals surface area contributed by atoms with Crippen LogP contribution < -0.4 is 9.80 Å². The normalized spacial score (nSPS) is 22.2. The van der Waals surface area contributed by atoms with Crippen molar-refractivity contribution in [2.45, 2.75) is 64.2 Å². The second kappa shape index (κ2) is 12.1. The van der Waals surface area contributed by atoms with Crippen molar-refractivity contribution in [2.24, 2.45) is 17.8 Å². The van der Waals surface area contributed by atoms with E-state index in [0.29, 0.717) is 36.4 Å². The summed E-state index contributed by atoms with van der Waals surface area (Å²) in [6.07, 6.45) is 10.4. The van der Waals surface area contributed by atoms with Crippen LogP contribution in [0.1, 0.15) is 64.2 Å². The maximum Gasteiger partial charge on any atom is 0.304 e. The van der Waals surface area contributed by atoms with E-state index in [1.165, 1.54) is 24.2 Å². The molecular weight excluding hydrogens is 536 g/mol. The quantitative estimate of drug-likeness (QED) is 0.351. The van der Waals surface area contributed by atoms with E-state index in [0.717, 1.165) is 60.9 Å². The van der Waals surface area contributed by atoms with Gasteiger partial charge in [-0.2, -0.15) is 0 Å². The number of benzene rings is 1. The Balaban J connectivity index is 1.27. The highest BCUT2D eigenvalue weighted by Gasteiger charge is 2.40. The molecule has 0 spiro atoms. The molecule has 0 radical (unpaired) electrons. The fraction of sp³-hybridized carbons (Fsp3) is 0.469. The SMILES string of the molecule is O=C(O)C[C@@H]1C(=O)N(c2nc(-c3ccccc3-c3ccc(N4CCCC4=O)nc3)cs2)CCCC[C@H]1C1CCCC1. The molecule has 1 aliphatic carbocycles. The lowest BCUT2D eigenvalue weighted by Gasteiger charge is -2.35. The van der Waals surface area contributed by atoms with Gasteiger partial charge in [0.2, 0.25) is 11.8 Å². The number of nitrogens with zero attached hydrogens (tertiary/aromatic N) is 4. The van der Waals surface area contributed by atoms with E-state index in [2.05, 4.69) is 4.98 Å². The molecule has 2 aromatic heterocycles. The summed E-state index contributed by atoms with van der Waals surface area (Å²) in [6.45, 7) is 1.26. The Morgan fingerprint density at radius 1 is 0.927 bits per heavy atom. The van der Waals surface area contributed by atoms with Crippen molar-refractivity contribution in [3.8, 4) is 22.4 Å². The molecule has 1 aromatic carbocycles. The highest BCUT2D eigenvalue weighted by atomic mass is 32.1. The van der Waals surface area contributed by atoms with E-state index in [1.54, 1.807) is 16.0 Å². The van der Waals surface area contributed by atoms with Crippen molar-refractivity contribution >= 4 is 40.1 Å². The summed E-state index contributed by atoms with van der Waals surface area (Å²) < 4.78 is 0. The molecular formula is C32H36N4O4S. The molecule has 0 unspecified atom stereocenters. The van der Waals surface area contributed by atoms with E-state index in [1.807, 2.05) is 41.8 Å². The number of thiazole rings is 1. The van der Waals surface area contributed by atoms with Crippen molar-refractivity contribution in [1.29, 1.82) is 0 Å². The number of aromatic nitrogens is 2. The van der Waals surface area contributed by atoms with Crippen LogP contribution in [0.2, 0.25) is 0 Å². The van der Waals surface area contributed by atoms with Gasteiger partial charge in [0.1, 0.15) is 5.82 Å². The average molecular weight is 573 g/mol. The fourth-order valence-corrected chi connectivity index (χ4v) is 7.83. The number of hydrogen-bond acceptors (Lipinski definition) is 6. The standard InChI is InChI=1S/C32H36N4O4S/c37-29-13-7-17-35(29)28-15-14-22(19-33-28)24-10-3-4-12-25(24)27-20-41-32(34-27)36-16-6-5-11-23(21-8-1-2-9-21)26(31(36)40)18-30(38)39/h3-4,10,12,14-15,19-21,23,26H,1-2,5-9,11,13,16-18H2,(H,38,39)/t23-,26-/m0/s1. The van der Waals surface area contributed by atoms with Crippen LogP contribution in [-0.4, -0.2) is 45.9 Å². The zero-order valence-electron chi connectivity index (χ0n) is 23.2. The van der Waals surface area contributed by atoms with Gasteiger partial charge in [-0.25, -0.2) is 9.97 Å². The van der Waals surface area contributed by atoms with Crippen molar-refractivity contribution < 1.29 is 19.5 Å². The summed E-state index contributed by atoms with van der Waals surface area (Å²) in [5.41, 5.74) is 3.61. The van der Waals surface area contributed by atoms with Crippen molar-refractivity contribution in [3.63, 3.8) is 0 Å². The van der Waals surface area contributed by atoms with Crippen LogP contribution in [-0.2, 0) is 14.4 Å². The maximum absolute atomic E-state index is 14.0. The van der Waals surface area contributed by atoms with Gasteiger partial charge in [0.15, 0.2) is 5.13 Å². The molecule has 9 heteroatoms. The Kier molecular flexibility index (Phi) is 8.14. The van der Waals surface area contributed by atoms with Crippen LogP contribution >= 0.6 is 11.3 Å². The summed E-state index contributed by atoms with van der Waals surface area (Å²) in [7, 11) is 0. The Labute approximate surface area is 244 Å². The second-order valence-corrected chi connectivity index (χ2v) is 12.3. The number of carbonyl (C=O) groups excluding carboxylic acids is 2. The van der Waals surface area contributed by atoms with E-state index in [-0.39, 0.29) is 24.2 Å². The largest absolute Gasteiger partial charge is 0.481 e. The fourth-order valence-electron chi connectivity index (χ4n) is 6.98. The Bertz CT molecular complexity index is 1420. The number of carboxylic acids is 1. The molecule has 214 valence electrons. The first kappa shape index (κ1) is 27.6. The number of carbonyl (C=O) groups is 3. The van der Waals surface area contributed by atoms with Crippen LogP contribution in [0.15, 0.2) is 48.0 Å². The molecule has 41 heavy (non-hydrogen) atoms. The van der Waals surface area contributed by atoms with Crippen LogP contribution in [0.4, 0.5) is 10.9 Å². The molecule has 0 bridgehead atoms. The lowest BCUT2D eigenvalue weighted by atomic mass is 9.74. The van der Waals surface area contributed by atoms with Gasteiger partial charge >= 0.3 is 5.97 Å². The smallest absolute Gasteiger partial charge is 0.304 e. The van der Waals surface area contributed by atoms with Crippen LogP contribution in [0.3, 0.4) is 0 Å². The predicted molar refractivity (Wildman–Crippen MR) is 160 cm³/mol. The van der Waals surface area contributed by atoms with Gasteiger partial charge in [-0.1, -0.05) is 56.4 Å². The molecule has 2 amide bonds. The molecule has 1 N–H and O–H groups in total. The zero-order valence-corrected chi connectivity index (χ0v) is 24.0. The van der Waals surface area contributed by atoms with Gasteiger partial charge < -0.3 is 5.11 Å². The lowest BCUT2D eigenvalue weighted by Crippen LogP contribution is -2.44. The minimum Gasteiger partial charge on any atom is -0.481 e. The highest BCUT2D eigenvalue weighted by molar-refractivity contribution is 7.14. The van der Waals surface area contributed by atoms with Gasteiger partial charge in [0.05, 0.1) is 18.0 Å². The monoisotopic (exact) mass is 572 g/mol. The van der Waals surface area contributed by atoms with Gasteiger partial charge in [0.25, 0.3) is 0 Å². The number of pyridine rings is 1. The zero-order chi connectivity index (χ0) is 28.3. The molecule has 2 aliphatic heterocycles. The Morgan fingerprint density at radius 3 is 2.39 bits per heavy atom. The second-order valence-electron chi connectivity index (χ2n) is 11.5. The number of amides is 2. The Hall–Kier alpha value is -3.59. The molecule has 6 rings (SSSR count). The van der Waals surface area contributed by atoms with Gasteiger partial charge in [-0.3, -0.25) is 24.2 Å². The Morgan fingerprint density at radius 2 is 1.68 bits per heavy atom. The number of anilines is 2. The third-order valence-corrected chi connectivity index (χ3v) is 9.87. The molecule has 1 saturated carbocycles. The number of hydrogen-bond donors (Lipinski definition) is 1. The first-order valence-electron chi connectivity index (χ1n) is 14.8. The van der Waals surface area contributed by atoms with E-state index in [4.69, 9.17) is 4.98 Å². The number of aliphatic carboxylic acids is 1. The highest BCUT2D eigenvalue weighted by Crippen LogP contribution is 2.42. The molecule has 4 heterocycles. The van der Waals surface area contributed by atoms with E-state index >= 15 is 0 Å². The minimum absolute atomic E-state index is 0.0885. The molecule has 3 aliphatic rings. The summed E-state index contributed by atoms with van der Waals surface area (Å²) in [6, 6.07) is 11.9. The van der Waals surface area contributed by atoms with Crippen LogP contribution in [0.25, 0.3) is 22.4 Å². The van der Waals surface area contributed by atoms with Crippen molar-refractivity contribution in [3.05, 3.63) is 48.0 Å². The first-order chi connectivity index (χ1) is 20.0. The summed E-state index contributed by atoms with van der Waals surface area (Å²) in [5, 5.41) is 12.3. The minimum atomic E-state index is -0.908. The number of carboxylic acid groups (broad SMARTS) is 1. The average Bonchev–Trinajstić information content (AvgIpc) is 3.76. The number of rotatable bonds is 7. The summed E-state index contributed by atoms with van der Waals surface area (Å²) in [5.74, 6) is -0.168. The van der Waals surface area contributed by atoms with Crippen molar-refractivity contribution in [1.82, 2.24) is 9.97 Å². The molecule has 2 saturated heterocycles. The molecule has 3 aromatic rings. The summed E-state index contributed by atoms with van der Waals surface area (Å²) >= 11 is 1.44. The lowest BCUT2D eigenvalue weighted by molar-refractivity contribution is -0.142. The van der Waals surface area contributed by atoms with Gasteiger partial charge in [0, 0.05) is 42.2 Å². The third-order valence-electron chi connectivity index (χ3n) is 9.00. The summed E-state index contributed by atoms with van der Waals surface area (Å²) in [4.78, 5) is 51.0. The van der Waals surface area contributed by atoms with Crippen LogP contribution in [0.5, 0.6) is 0 Å². The van der Waals surface area contributed by atoms with Crippen molar-refractivity contribution in [2.75, 3.05) is 22.9 Å². The molecule has 2 atom stereocenters. The molecule has 3 fully saturated rings.